The Bertz CT molecular complexity index is 398. The summed E-state index contributed by atoms with van der Waals surface area (Å²) >= 11 is 0. The van der Waals surface area contributed by atoms with Gasteiger partial charge in [-0.2, -0.15) is 0 Å². The molecule has 1 aromatic rings. The molecule has 0 saturated carbocycles. The van der Waals surface area contributed by atoms with Crippen LogP contribution in [0.15, 0.2) is 24.3 Å². The van der Waals surface area contributed by atoms with Gasteiger partial charge in [0.05, 0.1) is 5.92 Å². The Morgan fingerprint density at radius 3 is 2.75 bits per heavy atom. The highest BCUT2D eigenvalue weighted by molar-refractivity contribution is 5.77. The molecule has 0 radical (unpaired) electrons. The van der Waals surface area contributed by atoms with Gasteiger partial charge in [-0.15, -0.1) is 0 Å². The molecule has 0 aliphatic carbocycles. The Kier molecular flexibility index (Phi) is 2.86. The number of benzene rings is 1. The van der Waals surface area contributed by atoms with Crippen molar-refractivity contribution in [2.24, 2.45) is 5.92 Å². The molecule has 3 nitrogen and oxygen atoms in total. The number of carbonyl (C=O) groups is 1. The average molecular weight is 220 g/mol. The molecule has 0 aromatic heterocycles. The van der Waals surface area contributed by atoms with Gasteiger partial charge >= 0.3 is 5.97 Å². The van der Waals surface area contributed by atoms with E-state index in [2.05, 4.69) is 13.8 Å². The van der Waals surface area contributed by atoms with Crippen molar-refractivity contribution in [1.29, 1.82) is 0 Å². The second-order valence-electron chi connectivity index (χ2n) is 4.56. The molecule has 0 saturated heterocycles. The van der Waals surface area contributed by atoms with E-state index in [9.17, 15) is 9.90 Å². The molecule has 1 heterocycles. The number of hydrogen-bond acceptors (Lipinski definition) is 2. The third-order valence-electron chi connectivity index (χ3n) is 3.08. The van der Waals surface area contributed by atoms with Crippen molar-refractivity contribution in [3.05, 3.63) is 29.8 Å². The molecule has 2 rings (SSSR count). The highest BCUT2D eigenvalue weighted by Crippen LogP contribution is 2.38. The zero-order valence-electron chi connectivity index (χ0n) is 9.51. The van der Waals surface area contributed by atoms with E-state index < -0.39 is 11.9 Å². The van der Waals surface area contributed by atoms with Crippen LogP contribution in [0.2, 0.25) is 0 Å². The van der Waals surface area contributed by atoms with Crippen molar-refractivity contribution in [1.82, 2.24) is 0 Å². The van der Waals surface area contributed by atoms with Crippen molar-refractivity contribution in [2.75, 3.05) is 0 Å². The maximum absolute atomic E-state index is 11.2. The first kappa shape index (κ1) is 11.0. The van der Waals surface area contributed by atoms with Crippen LogP contribution in [0.25, 0.3) is 0 Å². The van der Waals surface area contributed by atoms with Crippen LogP contribution in [0, 0.1) is 5.92 Å². The maximum atomic E-state index is 11.2. The van der Waals surface area contributed by atoms with Crippen LogP contribution in [0.5, 0.6) is 5.75 Å². The number of rotatable bonds is 2. The van der Waals surface area contributed by atoms with E-state index in [1.165, 1.54) is 0 Å². The minimum atomic E-state index is -0.763. The molecule has 2 atom stereocenters. The lowest BCUT2D eigenvalue weighted by Crippen LogP contribution is -2.32. The summed E-state index contributed by atoms with van der Waals surface area (Å²) in [4.78, 5) is 11.2. The van der Waals surface area contributed by atoms with E-state index in [0.29, 0.717) is 12.3 Å². The fraction of sp³-hybridized carbons (Fsp3) is 0.462. The van der Waals surface area contributed by atoms with E-state index in [4.69, 9.17) is 4.74 Å². The van der Waals surface area contributed by atoms with Crippen molar-refractivity contribution >= 4 is 5.97 Å². The second-order valence-corrected chi connectivity index (χ2v) is 4.56. The molecule has 0 spiro atoms. The first-order valence-corrected chi connectivity index (χ1v) is 5.58. The molecule has 1 aromatic carbocycles. The minimum Gasteiger partial charge on any atom is -0.490 e. The lowest BCUT2D eigenvalue weighted by molar-refractivity contribution is -0.140. The molecule has 0 bridgehead atoms. The Morgan fingerprint density at radius 2 is 2.12 bits per heavy atom. The summed E-state index contributed by atoms with van der Waals surface area (Å²) in [7, 11) is 0. The highest BCUT2D eigenvalue weighted by Gasteiger charge is 2.33. The van der Waals surface area contributed by atoms with E-state index in [1.54, 1.807) is 0 Å². The Hall–Kier alpha value is -1.51. The number of carboxylic acid groups (broad SMARTS) is 1. The minimum absolute atomic E-state index is 0.00370. The molecule has 86 valence electrons. The second kappa shape index (κ2) is 4.16. The van der Waals surface area contributed by atoms with Crippen molar-refractivity contribution in [2.45, 2.75) is 32.3 Å². The highest BCUT2D eigenvalue weighted by atomic mass is 16.5. The summed E-state index contributed by atoms with van der Waals surface area (Å²) in [5.41, 5.74) is 0.798. The van der Waals surface area contributed by atoms with Gasteiger partial charge in [-0.3, -0.25) is 4.79 Å². The van der Waals surface area contributed by atoms with Gasteiger partial charge in [0.2, 0.25) is 0 Å². The van der Waals surface area contributed by atoms with Gasteiger partial charge in [0.1, 0.15) is 11.9 Å². The van der Waals surface area contributed by atoms with Crippen molar-refractivity contribution in [3.8, 4) is 5.75 Å². The monoisotopic (exact) mass is 220 g/mol. The fourth-order valence-electron chi connectivity index (χ4n) is 2.09. The van der Waals surface area contributed by atoms with Gasteiger partial charge in [0.25, 0.3) is 0 Å². The number of aliphatic carboxylic acids is 1. The van der Waals surface area contributed by atoms with Crippen LogP contribution in [-0.2, 0) is 4.79 Å². The molecule has 1 aliphatic heterocycles. The van der Waals surface area contributed by atoms with E-state index >= 15 is 0 Å². The van der Waals surface area contributed by atoms with Gasteiger partial charge in [-0.1, -0.05) is 32.0 Å². The van der Waals surface area contributed by atoms with E-state index in [1.807, 2.05) is 24.3 Å². The van der Waals surface area contributed by atoms with Crippen molar-refractivity contribution in [3.63, 3.8) is 0 Å². The molecular formula is C13H16O3. The lowest BCUT2D eigenvalue weighted by atomic mass is 9.86. The molecule has 3 heteroatoms. The molecule has 16 heavy (non-hydrogen) atoms. The normalized spacial score (nSPS) is 23.7. The zero-order chi connectivity index (χ0) is 11.7. The summed E-state index contributed by atoms with van der Waals surface area (Å²) in [6.45, 7) is 4.11. The summed E-state index contributed by atoms with van der Waals surface area (Å²) in [5, 5.41) is 9.23. The van der Waals surface area contributed by atoms with Crippen LogP contribution >= 0.6 is 0 Å². The summed E-state index contributed by atoms with van der Waals surface area (Å²) < 4.78 is 5.81. The average Bonchev–Trinajstić information content (AvgIpc) is 2.27. The van der Waals surface area contributed by atoms with Gasteiger partial charge in [0, 0.05) is 12.0 Å². The van der Waals surface area contributed by atoms with Gasteiger partial charge in [-0.05, 0) is 12.0 Å². The topological polar surface area (TPSA) is 46.5 Å². The predicted molar refractivity (Wildman–Crippen MR) is 60.7 cm³/mol. The zero-order valence-corrected chi connectivity index (χ0v) is 9.51. The summed E-state index contributed by atoms with van der Waals surface area (Å²) in [6.07, 6.45) is 0.556. The SMILES string of the molecule is CC(C)C1CC(C(=O)O)c2ccccc2O1. The van der Waals surface area contributed by atoms with Crippen LogP contribution < -0.4 is 4.74 Å². The summed E-state index contributed by atoms with van der Waals surface area (Å²) in [5.74, 6) is -0.145. The Balaban J connectivity index is 2.37. The first-order chi connectivity index (χ1) is 7.59. The molecule has 1 N–H and O–H groups in total. The van der Waals surface area contributed by atoms with Crippen molar-refractivity contribution < 1.29 is 14.6 Å². The number of ether oxygens (including phenoxy) is 1. The van der Waals surface area contributed by atoms with E-state index in [-0.39, 0.29) is 6.10 Å². The van der Waals surface area contributed by atoms with Crippen LogP contribution in [-0.4, -0.2) is 17.2 Å². The number of fused-ring (bicyclic) bond motifs is 1. The Labute approximate surface area is 95.0 Å². The third-order valence-corrected chi connectivity index (χ3v) is 3.08. The number of para-hydroxylation sites is 1. The molecule has 1 aliphatic rings. The number of hydrogen-bond donors (Lipinski definition) is 1. The molecule has 0 amide bonds. The third kappa shape index (κ3) is 1.90. The van der Waals surface area contributed by atoms with Crippen LogP contribution in [0.3, 0.4) is 0 Å². The number of carboxylic acids is 1. The Morgan fingerprint density at radius 1 is 1.44 bits per heavy atom. The van der Waals surface area contributed by atoms with E-state index in [0.717, 1.165) is 11.3 Å². The standard InChI is InChI=1S/C13H16O3/c1-8(2)12-7-10(13(14)15)9-5-3-4-6-11(9)16-12/h3-6,8,10,12H,7H2,1-2H3,(H,14,15). The first-order valence-electron chi connectivity index (χ1n) is 5.58. The maximum Gasteiger partial charge on any atom is 0.311 e. The molecule has 0 fully saturated rings. The largest absolute Gasteiger partial charge is 0.490 e. The molecule has 2 unspecified atom stereocenters. The lowest BCUT2D eigenvalue weighted by Gasteiger charge is -2.32. The molecular weight excluding hydrogens is 204 g/mol. The summed E-state index contributed by atoms with van der Waals surface area (Å²) in [6, 6.07) is 7.42. The fourth-order valence-corrected chi connectivity index (χ4v) is 2.09. The van der Waals surface area contributed by atoms with Gasteiger partial charge in [-0.25, -0.2) is 0 Å². The smallest absolute Gasteiger partial charge is 0.311 e. The van der Waals surface area contributed by atoms with Crippen LogP contribution in [0.1, 0.15) is 31.7 Å². The van der Waals surface area contributed by atoms with Crippen LogP contribution in [0.4, 0.5) is 0 Å². The van der Waals surface area contributed by atoms with Gasteiger partial charge < -0.3 is 9.84 Å². The quantitative estimate of drug-likeness (QED) is 0.833. The van der Waals surface area contributed by atoms with Gasteiger partial charge in [0.15, 0.2) is 0 Å². The predicted octanol–water partition coefficient (Wildman–Crippen LogP) is 2.66.